The van der Waals surface area contributed by atoms with Crippen LogP contribution in [-0.2, 0) is 4.74 Å². The van der Waals surface area contributed by atoms with Gasteiger partial charge in [-0.2, -0.15) is 0 Å². The lowest BCUT2D eigenvalue weighted by molar-refractivity contribution is 0.0328. The summed E-state index contributed by atoms with van der Waals surface area (Å²) in [5.41, 5.74) is 1.14. The Morgan fingerprint density at radius 3 is 2.89 bits per heavy atom. The van der Waals surface area contributed by atoms with E-state index in [2.05, 4.69) is 20.9 Å². The fraction of sp³-hybridized carbons (Fsp3) is 0.286. The van der Waals surface area contributed by atoms with Crippen LogP contribution in [0.3, 0.4) is 0 Å². The summed E-state index contributed by atoms with van der Waals surface area (Å²) in [5.74, 6) is -0.367. The normalized spacial score (nSPS) is 12.4. The number of ether oxygens (including phenoxy) is 1. The van der Waals surface area contributed by atoms with Crippen LogP contribution < -0.4 is 0 Å². The molecule has 0 spiro atoms. The first-order valence-electron chi connectivity index (χ1n) is 5.87. The Morgan fingerprint density at radius 1 is 1.39 bits per heavy atom. The fourth-order valence-corrected chi connectivity index (χ4v) is 1.92. The van der Waals surface area contributed by atoms with Crippen molar-refractivity contribution in [1.82, 2.24) is 4.98 Å². The van der Waals surface area contributed by atoms with Gasteiger partial charge in [-0.3, -0.25) is 0 Å². The smallest absolute Gasteiger partial charge is 0.357 e. The maximum atomic E-state index is 11.8. The molecule has 1 aromatic heterocycles. The number of carbonyl (C=O) groups excluding carboxylic acids is 1. The Kier molecular flexibility index (Phi) is 3.97. The van der Waals surface area contributed by atoms with Crippen LogP contribution >= 0.6 is 15.9 Å². The zero-order chi connectivity index (χ0) is 13.1. The highest BCUT2D eigenvalue weighted by Crippen LogP contribution is 2.19. The highest BCUT2D eigenvalue weighted by molar-refractivity contribution is 9.10. The van der Waals surface area contributed by atoms with E-state index < -0.39 is 0 Å². The van der Waals surface area contributed by atoms with Crippen molar-refractivity contribution in [3.63, 3.8) is 0 Å². The minimum absolute atomic E-state index is 0.0834. The molecule has 0 fully saturated rings. The van der Waals surface area contributed by atoms with Gasteiger partial charge in [-0.1, -0.05) is 28.9 Å². The predicted octanol–water partition coefficient (Wildman–Crippen LogP) is 3.95. The van der Waals surface area contributed by atoms with Gasteiger partial charge in [-0.05, 0) is 37.6 Å². The number of esters is 1. The van der Waals surface area contributed by atoms with Crippen LogP contribution in [0.15, 0.2) is 34.8 Å². The highest BCUT2D eigenvalue weighted by atomic mass is 79.9. The Morgan fingerprint density at radius 2 is 2.17 bits per heavy atom. The van der Waals surface area contributed by atoms with Crippen molar-refractivity contribution in [1.29, 1.82) is 0 Å². The molecule has 3 nitrogen and oxygen atoms in total. The third kappa shape index (κ3) is 2.88. The number of carbonyl (C=O) groups is 1. The number of aromatic nitrogens is 1. The summed E-state index contributed by atoms with van der Waals surface area (Å²) in [6.07, 6.45) is 0.714. The molecule has 0 bridgehead atoms. The number of hydrogen-bond donors (Lipinski definition) is 0. The Hall–Kier alpha value is -1.42. The van der Waals surface area contributed by atoms with Gasteiger partial charge in [0.2, 0.25) is 0 Å². The number of nitrogens with zero attached hydrogens (tertiary/aromatic N) is 1. The Labute approximate surface area is 114 Å². The molecule has 1 aromatic carbocycles. The van der Waals surface area contributed by atoms with Crippen LogP contribution in [-0.4, -0.2) is 17.1 Å². The number of hydrogen-bond acceptors (Lipinski definition) is 3. The van der Waals surface area contributed by atoms with Gasteiger partial charge in [-0.15, -0.1) is 0 Å². The molecule has 0 aliphatic rings. The fourth-order valence-electron chi connectivity index (χ4n) is 1.54. The number of fused-ring (bicyclic) bond motifs is 1. The van der Waals surface area contributed by atoms with Crippen molar-refractivity contribution in [3.8, 4) is 0 Å². The van der Waals surface area contributed by atoms with E-state index in [4.69, 9.17) is 4.74 Å². The standard InChI is InChI=1S/C14H14BrNO2/c1-3-9(2)18-14(17)13-6-4-10-8-11(15)5-7-12(10)16-13/h4-9H,3H2,1-2H3. The Bertz CT molecular complexity index is 583. The number of pyridine rings is 1. The molecule has 0 aliphatic carbocycles. The van der Waals surface area contributed by atoms with Gasteiger partial charge < -0.3 is 4.74 Å². The molecule has 1 atom stereocenters. The molecule has 0 saturated heterocycles. The maximum Gasteiger partial charge on any atom is 0.357 e. The predicted molar refractivity (Wildman–Crippen MR) is 74.6 cm³/mol. The van der Waals surface area contributed by atoms with Gasteiger partial charge in [0.25, 0.3) is 0 Å². The molecule has 0 radical (unpaired) electrons. The minimum atomic E-state index is -0.367. The quantitative estimate of drug-likeness (QED) is 0.806. The summed E-state index contributed by atoms with van der Waals surface area (Å²) in [7, 11) is 0. The molecule has 18 heavy (non-hydrogen) atoms. The second kappa shape index (κ2) is 5.48. The average Bonchev–Trinajstić information content (AvgIpc) is 2.37. The third-order valence-corrected chi connectivity index (χ3v) is 3.24. The molecule has 2 rings (SSSR count). The zero-order valence-electron chi connectivity index (χ0n) is 10.3. The van der Waals surface area contributed by atoms with Gasteiger partial charge in [0.05, 0.1) is 11.6 Å². The van der Waals surface area contributed by atoms with Crippen LogP contribution in [0.5, 0.6) is 0 Å². The molecule has 0 saturated carbocycles. The summed E-state index contributed by atoms with van der Waals surface area (Å²) < 4.78 is 6.24. The summed E-state index contributed by atoms with van der Waals surface area (Å²) in [5, 5.41) is 0.990. The van der Waals surface area contributed by atoms with Crippen molar-refractivity contribution in [2.24, 2.45) is 0 Å². The van der Waals surface area contributed by atoms with E-state index >= 15 is 0 Å². The second-order valence-electron chi connectivity index (χ2n) is 4.16. The van der Waals surface area contributed by atoms with Crippen LogP contribution in [0.25, 0.3) is 10.9 Å². The van der Waals surface area contributed by atoms with E-state index in [9.17, 15) is 4.79 Å². The molecule has 2 aromatic rings. The number of benzene rings is 1. The SMILES string of the molecule is CCC(C)OC(=O)c1ccc2cc(Br)ccc2n1. The second-order valence-corrected chi connectivity index (χ2v) is 5.07. The van der Waals surface area contributed by atoms with Crippen molar-refractivity contribution >= 4 is 32.8 Å². The van der Waals surface area contributed by atoms with E-state index in [-0.39, 0.29) is 12.1 Å². The van der Waals surface area contributed by atoms with Crippen molar-refractivity contribution in [2.75, 3.05) is 0 Å². The average molecular weight is 308 g/mol. The molecular formula is C14H14BrNO2. The largest absolute Gasteiger partial charge is 0.458 e. The summed E-state index contributed by atoms with van der Waals surface area (Å²) >= 11 is 3.40. The maximum absolute atomic E-state index is 11.8. The van der Waals surface area contributed by atoms with Gasteiger partial charge in [-0.25, -0.2) is 9.78 Å². The number of halogens is 1. The highest BCUT2D eigenvalue weighted by Gasteiger charge is 2.12. The summed E-state index contributed by atoms with van der Waals surface area (Å²) in [4.78, 5) is 16.1. The van der Waals surface area contributed by atoms with Crippen molar-refractivity contribution < 1.29 is 9.53 Å². The van der Waals surface area contributed by atoms with E-state index in [0.717, 1.165) is 21.8 Å². The van der Waals surface area contributed by atoms with Crippen LogP contribution in [0.4, 0.5) is 0 Å². The topological polar surface area (TPSA) is 39.2 Å². The molecule has 1 heterocycles. The molecule has 1 unspecified atom stereocenters. The lowest BCUT2D eigenvalue weighted by Gasteiger charge is -2.10. The van der Waals surface area contributed by atoms with Crippen LogP contribution in [0.2, 0.25) is 0 Å². The summed E-state index contributed by atoms with van der Waals surface area (Å²) in [6.45, 7) is 3.85. The van der Waals surface area contributed by atoms with Gasteiger partial charge in [0, 0.05) is 9.86 Å². The lowest BCUT2D eigenvalue weighted by atomic mass is 10.2. The first kappa shape index (κ1) is 13.0. The summed E-state index contributed by atoms with van der Waals surface area (Å²) in [6, 6.07) is 9.31. The van der Waals surface area contributed by atoms with Gasteiger partial charge in [0.15, 0.2) is 0 Å². The molecule has 94 valence electrons. The first-order chi connectivity index (χ1) is 8.60. The van der Waals surface area contributed by atoms with E-state index in [1.165, 1.54) is 0 Å². The van der Waals surface area contributed by atoms with Gasteiger partial charge >= 0.3 is 5.97 Å². The van der Waals surface area contributed by atoms with E-state index in [1.807, 2.05) is 38.1 Å². The van der Waals surface area contributed by atoms with E-state index in [0.29, 0.717) is 5.69 Å². The Balaban J connectivity index is 2.30. The lowest BCUT2D eigenvalue weighted by Crippen LogP contribution is -2.15. The third-order valence-electron chi connectivity index (χ3n) is 2.74. The van der Waals surface area contributed by atoms with Crippen molar-refractivity contribution in [3.05, 3.63) is 40.5 Å². The molecule has 4 heteroatoms. The van der Waals surface area contributed by atoms with Crippen molar-refractivity contribution in [2.45, 2.75) is 26.4 Å². The van der Waals surface area contributed by atoms with Crippen LogP contribution in [0, 0.1) is 0 Å². The first-order valence-corrected chi connectivity index (χ1v) is 6.66. The van der Waals surface area contributed by atoms with Crippen LogP contribution in [0.1, 0.15) is 30.8 Å². The molecule has 0 aliphatic heterocycles. The minimum Gasteiger partial charge on any atom is -0.458 e. The molecule has 0 amide bonds. The number of rotatable bonds is 3. The van der Waals surface area contributed by atoms with Gasteiger partial charge in [0.1, 0.15) is 5.69 Å². The van der Waals surface area contributed by atoms with E-state index in [1.54, 1.807) is 6.07 Å². The monoisotopic (exact) mass is 307 g/mol. The molecular weight excluding hydrogens is 294 g/mol. The molecule has 0 N–H and O–H groups in total. The zero-order valence-corrected chi connectivity index (χ0v) is 11.9.